The summed E-state index contributed by atoms with van der Waals surface area (Å²) in [4.78, 5) is 16.3. The molecule has 102 valence electrons. The van der Waals surface area contributed by atoms with Crippen LogP contribution < -0.4 is 5.32 Å². The SMILES string of the molecule is CC(CO)CNC(=O)C(C)n1cnc2ccccc21. The fraction of sp³-hybridized carbons (Fsp3) is 0.429. The molecule has 1 amide bonds. The minimum atomic E-state index is -0.321. The molecule has 0 fully saturated rings. The minimum absolute atomic E-state index is 0.0654. The van der Waals surface area contributed by atoms with Crippen LogP contribution in [0.15, 0.2) is 30.6 Å². The number of rotatable bonds is 5. The summed E-state index contributed by atoms with van der Waals surface area (Å²) in [6.45, 7) is 4.28. The lowest BCUT2D eigenvalue weighted by molar-refractivity contribution is -0.124. The van der Waals surface area contributed by atoms with Gasteiger partial charge >= 0.3 is 0 Å². The molecule has 2 unspecified atom stereocenters. The number of benzene rings is 1. The van der Waals surface area contributed by atoms with Crippen molar-refractivity contribution < 1.29 is 9.90 Å². The van der Waals surface area contributed by atoms with E-state index in [0.29, 0.717) is 6.54 Å². The Bertz CT molecular complexity index is 565. The number of aliphatic hydroxyl groups is 1. The van der Waals surface area contributed by atoms with Crippen molar-refractivity contribution >= 4 is 16.9 Å². The first-order valence-electron chi connectivity index (χ1n) is 6.43. The zero-order valence-corrected chi connectivity index (χ0v) is 11.2. The van der Waals surface area contributed by atoms with Crippen LogP contribution in [0.2, 0.25) is 0 Å². The molecule has 19 heavy (non-hydrogen) atoms. The van der Waals surface area contributed by atoms with Crippen LogP contribution in [-0.2, 0) is 4.79 Å². The van der Waals surface area contributed by atoms with Crippen molar-refractivity contribution in [3.63, 3.8) is 0 Å². The van der Waals surface area contributed by atoms with Crippen molar-refractivity contribution in [1.29, 1.82) is 0 Å². The van der Waals surface area contributed by atoms with Gasteiger partial charge in [-0.25, -0.2) is 4.98 Å². The molecule has 1 aromatic heterocycles. The third-order valence-corrected chi connectivity index (χ3v) is 3.21. The van der Waals surface area contributed by atoms with Crippen LogP contribution >= 0.6 is 0 Å². The molecule has 0 aliphatic heterocycles. The van der Waals surface area contributed by atoms with Gasteiger partial charge in [-0.05, 0) is 25.0 Å². The number of aliphatic hydroxyl groups excluding tert-OH is 1. The highest BCUT2D eigenvalue weighted by Gasteiger charge is 2.17. The van der Waals surface area contributed by atoms with Gasteiger partial charge in [-0.2, -0.15) is 0 Å². The third-order valence-electron chi connectivity index (χ3n) is 3.21. The van der Waals surface area contributed by atoms with E-state index in [-0.39, 0.29) is 24.5 Å². The van der Waals surface area contributed by atoms with Crippen LogP contribution in [0, 0.1) is 5.92 Å². The van der Waals surface area contributed by atoms with E-state index in [0.717, 1.165) is 11.0 Å². The number of amides is 1. The summed E-state index contributed by atoms with van der Waals surface area (Å²) in [6.07, 6.45) is 1.68. The van der Waals surface area contributed by atoms with Crippen molar-refractivity contribution in [3.8, 4) is 0 Å². The Kier molecular flexibility index (Phi) is 4.16. The van der Waals surface area contributed by atoms with Gasteiger partial charge in [0.1, 0.15) is 6.04 Å². The average Bonchev–Trinajstić information content (AvgIpc) is 2.87. The molecule has 2 rings (SSSR count). The zero-order valence-electron chi connectivity index (χ0n) is 11.2. The van der Waals surface area contributed by atoms with Crippen molar-refractivity contribution in [1.82, 2.24) is 14.9 Å². The van der Waals surface area contributed by atoms with E-state index in [2.05, 4.69) is 10.3 Å². The second kappa shape index (κ2) is 5.84. The molecule has 0 spiro atoms. The Hall–Kier alpha value is -1.88. The normalized spacial score (nSPS) is 14.3. The Morgan fingerprint density at radius 1 is 1.42 bits per heavy atom. The quantitative estimate of drug-likeness (QED) is 0.853. The third kappa shape index (κ3) is 2.93. The second-order valence-corrected chi connectivity index (χ2v) is 4.85. The van der Waals surface area contributed by atoms with Crippen molar-refractivity contribution in [2.24, 2.45) is 5.92 Å². The number of carbonyl (C=O) groups is 1. The first-order chi connectivity index (χ1) is 9.13. The predicted molar refractivity (Wildman–Crippen MR) is 73.7 cm³/mol. The largest absolute Gasteiger partial charge is 0.396 e. The summed E-state index contributed by atoms with van der Waals surface area (Å²) in [6, 6.07) is 7.40. The molecule has 0 aliphatic carbocycles. The monoisotopic (exact) mass is 261 g/mol. The van der Waals surface area contributed by atoms with Gasteiger partial charge in [-0.1, -0.05) is 19.1 Å². The van der Waals surface area contributed by atoms with Crippen LogP contribution in [0.5, 0.6) is 0 Å². The summed E-state index contributed by atoms with van der Waals surface area (Å²) < 4.78 is 1.86. The van der Waals surface area contributed by atoms with Crippen LogP contribution in [0.25, 0.3) is 11.0 Å². The smallest absolute Gasteiger partial charge is 0.242 e. The van der Waals surface area contributed by atoms with E-state index >= 15 is 0 Å². The standard InChI is InChI=1S/C14H19N3O2/c1-10(8-18)7-15-14(19)11(2)17-9-16-12-5-3-4-6-13(12)17/h3-6,9-11,18H,7-8H2,1-2H3,(H,15,19). The zero-order chi connectivity index (χ0) is 13.8. The molecule has 5 heteroatoms. The molecule has 0 saturated heterocycles. The summed E-state index contributed by atoms with van der Waals surface area (Å²) in [5.41, 5.74) is 1.83. The van der Waals surface area contributed by atoms with Crippen LogP contribution in [0.1, 0.15) is 19.9 Å². The van der Waals surface area contributed by atoms with Gasteiger partial charge < -0.3 is 15.0 Å². The van der Waals surface area contributed by atoms with E-state index in [1.54, 1.807) is 6.33 Å². The lowest BCUT2D eigenvalue weighted by Gasteiger charge is -2.16. The molecular weight excluding hydrogens is 242 g/mol. The predicted octanol–water partition coefficient (Wildman–Crippen LogP) is 1.34. The van der Waals surface area contributed by atoms with Gasteiger partial charge in [0, 0.05) is 13.2 Å². The Balaban J connectivity index is 2.10. The van der Waals surface area contributed by atoms with Gasteiger partial charge in [0.25, 0.3) is 0 Å². The molecule has 0 aliphatic rings. The van der Waals surface area contributed by atoms with E-state index in [1.807, 2.05) is 42.7 Å². The molecule has 2 atom stereocenters. The van der Waals surface area contributed by atoms with E-state index in [1.165, 1.54) is 0 Å². The molecule has 0 radical (unpaired) electrons. The molecule has 0 saturated carbocycles. The van der Waals surface area contributed by atoms with E-state index in [4.69, 9.17) is 5.11 Å². The summed E-state index contributed by atoms with van der Waals surface area (Å²) in [5, 5.41) is 11.8. The average molecular weight is 261 g/mol. The number of nitrogens with one attached hydrogen (secondary N) is 1. The summed E-state index contributed by atoms with van der Waals surface area (Å²) >= 11 is 0. The number of fused-ring (bicyclic) bond motifs is 1. The fourth-order valence-corrected chi connectivity index (χ4v) is 1.90. The number of hydrogen-bond acceptors (Lipinski definition) is 3. The molecule has 2 N–H and O–H groups in total. The fourth-order valence-electron chi connectivity index (χ4n) is 1.90. The number of aromatic nitrogens is 2. The van der Waals surface area contributed by atoms with Crippen LogP contribution in [-0.4, -0.2) is 33.7 Å². The lowest BCUT2D eigenvalue weighted by Crippen LogP contribution is -2.34. The number of para-hydroxylation sites is 2. The van der Waals surface area contributed by atoms with Gasteiger partial charge in [0.2, 0.25) is 5.91 Å². The van der Waals surface area contributed by atoms with Gasteiger partial charge in [-0.3, -0.25) is 4.79 Å². The highest BCUT2D eigenvalue weighted by Crippen LogP contribution is 2.17. The van der Waals surface area contributed by atoms with Crippen molar-refractivity contribution in [3.05, 3.63) is 30.6 Å². The first kappa shape index (κ1) is 13.5. The topological polar surface area (TPSA) is 67.2 Å². The minimum Gasteiger partial charge on any atom is -0.396 e. The van der Waals surface area contributed by atoms with Crippen molar-refractivity contribution in [2.75, 3.05) is 13.2 Å². The Labute approximate surface area is 112 Å². The Morgan fingerprint density at radius 3 is 2.89 bits per heavy atom. The van der Waals surface area contributed by atoms with E-state index in [9.17, 15) is 4.79 Å². The van der Waals surface area contributed by atoms with Gasteiger partial charge in [0.05, 0.1) is 17.4 Å². The number of hydrogen-bond donors (Lipinski definition) is 2. The maximum atomic E-state index is 12.1. The lowest BCUT2D eigenvalue weighted by atomic mass is 10.2. The molecular formula is C14H19N3O2. The first-order valence-corrected chi connectivity index (χ1v) is 6.43. The van der Waals surface area contributed by atoms with Crippen molar-refractivity contribution in [2.45, 2.75) is 19.9 Å². The maximum absolute atomic E-state index is 12.1. The molecule has 2 aromatic rings. The number of carbonyl (C=O) groups excluding carboxylic acids is 1. The van der Waals surface area contributed by atoms with Gasteiger partial charge in [-0.15, -0.1) is 0 Å². The molecule has 5 nitrogen and oxygen atoms in total. The number of imidazole rings is 1. The molecule has 1 aromatic carbocycles. The number of nitrogens with zero attached hydrogens (tertiary/aromatic N) is 2. The van der Waals surface area contributed by atoms with E-state index < -0.39 is 0 Å². The second-order valence-electron chi connectivity index (χ2n) is 4.85. The summed E-state index contributed by atoms with van der Waals surface area (Å²) in [7, 11) is 0. The highest BCUT2D eigenvalue weighted by atomic mass is 16.3. The summed E-state index contributed by atoms with van der Waals surface area (Å²) in [5.74, 6) is -0.000801. The van der Waals surface area contributed by atoms with Crippen LogP contribution in [0.3, 0.4) is 0 Å². The Morgan fingerprint density at radius 2 is 2.16 bits per heavy atom. The van der Waals surface area contributed by atoms with Gasteiger partial charge in [0.15, 0.2) is 0 Å². The molecule has 0 bridgehead atoms. The molecule has 1 heterocycles. The highest BCUT2D eigenvalue weighted by molar-refractivity contribution is 5.83. The maximum Gasteiger partial charge on any atom is 0.242 e. The van der Waals surface area contributed by atoms with Crippen LogP contribution in [0.4, 0.5) is 0 Å².